The lowest BCUT2D eigenvalue weighted by Crippen LogP contribution is -1.85. The molecule has 0 saturated carbocycles. The molecule has 0 N–H and O–H groups in total. The van der Waals surface area contributed by atoms with Crippen LogP contribution in [0.1, 0.15) is 18.4 Å². The molecular formula is C10H11N3S. The Morgan fingerprint density at radius 1 is 1.29 bits per heavy atom. The monoisotopic (exact) mass is 205 g/mol. The number of rotatable bonds is 3. The predicted molar refractivity (Wildman–Crippen MR) is 57.1 cm³/mol. The zero-order valence-corrected chi connectivity index (χ0v) is 8.79. The molecule has 0 radical (unpaired) electrons. The number of aromatic nitrogens is 3. The van der Waals surface area contributed by atoms with Crippen molar-refractivity contribution in [2.45, 2.75) is 19.8 Å². The minimum absolute atomic E-state index is 0.853. The zero-order chi connectivity index (χ0) is 9.80. The maximum atomic E-state index is 4.49. The van der Waals surface area contributed by atoms with Gasteiger partial charge in [-0.25, -0.2) is 4.98 Å². The fourth-order valence-corrected chi connectivity index (χ4v) is 2.08. The lowest BCUT2D eigenvalue weighted by molar-refractivity contribution is 0.909. The van der Waals surface area contributed by atoms with Gasteiger partial charge in [0.05, 0.1) is 11.2 Å². The molecule has 2 aromatic heterocycles. The van der Waals surface area contributed by atoms with Crippen molar-refractivity contribution in [3.8, 4) is 11.4 Å². The summed E-state index contributed by atoms with van der Waals surface area (Å²) >= 11 is 1.69. The summed E-state index contributed by atoms with van der Waals surface area (Å²) in [4.78, 5) is 12.7. The highest BCUT2D eigenvalue weighted by molar-refractivity contribution is 7.09. The standard InChI is InChI=1S/C10H11N3S/c1-2-3-10-13-9(7-14-10)8-6-11-4-5-12-8/h4-7H,2-3H2,1H3. The second-order valence-electron chi connectivity index (χ2n) is 2.97. The van der Waals surface area contributed by atoms with Gasteiger partial charge in [0, 0.05) is 17.8 Å². The van der Waals surface area contributed by atoms with Gasteiger partial charge in [0.2, 0.25) is 0 Å². The number of aryl methyl sites for hydroxylation is 1. The van der Waals surface area contributed by atoms with Crippen LogP contribution in [0.2, 0.25) is 0 Å². The zero-order valence-electron chi connectivity index (χ0n) is 7.97. The number of hydrogen-bond donors (Lipinski definition) is 0. The van der Waals surface area contributed by atoms with Crippen LogP contribution in [0.3, 0.4) is 0 Å². The van der Waals surface area contributed by atoms with Crippen LogP contribution in [0.25, 0.3) is 11.4 Å². The molecule has 0 bridgehead atoms. The maximum absolute atomic E-state index is 4.49. The summed E-state index contributed by atoms with van der Waals surface area (Å²) in [5.74, 6) is 0. The van der Waals surface area contributed by atoms with Crippen LogP contribution in [0, 0.1) is 0 Å². The molecule has 0 amide bonds. The van der Waals surface area contributed by atoms with Crippen LogP contribution in [0.5, 0.6) is 0 Å². The average Bonchev–Trinajstić information content (AvgIpc) is 2.68. The van der Waals surface area contributed by atoms with Crippen LogP contribution in [0.4, 0.5) is 0 Å². The largest absolute Gasteiger partial charge is 0.261 e. The molecule has 0 spiro atoms. The number of hydrogen-bond acceptors (Lipinski definition) is 4. The van der Waals surface area contributed by atoms with Gasteiger partial charge in [0.1, 0.15) is 11.4 Å². The lowest BCUT2D eigenvalue weighted by Gasteiger charge is -1.92. The quantitative estimate of drug-likeness (QED) is 0.773. The molecule has 2 rings (SSSR count). The van der Waals surface area contributed by atoms with Crippen molar-refractivity contribution in [2.24, 2.45) is 0 Å². The highest BCUT2D eigenvalue weighted by atomic mass is 32.1. The van der Waals surface area contributed by atoms with Crippen molar-refractivity contribution in [1.29, 1.82) is 0 Å². The molecular weight excluding hydrogens is 194 g/mol. The van der Waals surface area contributed by atoms with Crippen molar-refractivity contribution < 1.29 is 0 Å². The molecule has 3 nitrogen and oxygen atoms in total. The van der Waals surface area contributed by atoms with E-state index in [-0.39, 0.29) is 0 Å². The fourth-order valence-electron chi connectivity index (χ4n) is 1.19. The van der Waals surface area contributed by atoms with Crippen LogP contribution in [-0.4, -0.2) is 15.0 Å². The first-order valence-corrected chi connectivity index (χ1v) is 5.49. The molecule has 0 aromatic carbocycles. The molecule has 0 atom stereocenters. The molecule has 0 saturated heterocycles. The Morgan fingerprint density at radius 2 is 2.21 bits per heavy atom. The van der Waals surface area contributed by atoms with E-state index in [1.807, 2.05) is 5.38 Å². The van der Waals surface area contributed by atoms with Crippen molar-refractivity contribution in [3.63, 3.8) is 0 Å². The molecule has 0 aliphatic carbocycles. The smallest absolute Gasteiger partial charge is 0.108 e. The van der Waals surface area contributed by atoms with E-state index in [9.17, 15) is 0 Å². The highest BCUT2D eigenvalue weighted by Crippen LogP contribution is 2.19. The van der Waals surface area contributed by atoms with Gasteiger partial charge in [-0.1, -0.05) is 6.92 Å². The number of thiazole rings is 1. The predicted octanol–water partition coefficient (Wildman–Crippen LogP) is 2.55. The number of nitrogens with zero attached hydrogens (tertiary/aromatic N) is 3. The third kappa shape index (κ3) is 1.96. The van der Waals surface area contributed by atoms with Gasteiger partial charge in [-0.15, -0.1) is 11.3 Å². The Morgan fingerprint density at radius 3 is 2.93 bits per heavy atom. The highest BCUT2D eigenvalue weighted by Gasteiger charge is 2.04. The molecule has 2 aromatic rings. The van der Waals surface area contributed by atoms with Gasteiger partial charge in [-0.3, -0.25) is 9.97 Å². The first-order valence-electron chi connectivity index (χ1n) is 4.61. The van der Waals surface area contributed by atoms with Crippen LogP contribution in [0.15, 0.2) is 24.0 Å². The van der Waals surface area contributed by atoms with Gasteiger partial charge in [-0.05, 0) is 12.8 Å². The second-order valence-corrected chi connectivity index (χ2v) is 3.91. The van der Waals surface area contributed by atoms with Gasteiger partial charge in [0.15, 0.2) is 0 Å². The van der Waals surface area contributed by atoms with Crippen molar-refractivity contribution >= 4 is 11.3 Å². The molecule has 4 heteroatoms. The minimum Gasteiger partial charge on any atom is -0.261 e. The Hall–Kier alpha value is -1.29. The lowest BCUT2D eigenvalue weighted by atomic mass is 10.3. The average molecular weight is 205 g/mol. The normalized spacial score (nSPS) is 10.4. The van der Waals surface area contributed by atoms with E-state index in [2.05, 4.69) is 21.9 Å². The maximum Gasteiger partial charge on any atom is 0.108 e. The summed E-state index contributed by atoms with van der Waals surface area (Å²) < 4.78 is 0. The Balaban J connectivity index is 2.25. The Labute approximate surface area is 86.9 Å². The van der Waals surface area contributed by atoms with Crippen LogP contribution in [-0.2, 0) is 6.42 Å². The summed E-state index contributed by atoms with van der Waals surface area (Å²) in [6.07, 6.45) is 7.28. The molecule has 72 valence electrons. The van der Waals surface area contributed by atoms with Crippen LogP contribution < -0.4 is 0 Å². The third-order valence-corrected chi connectivity index (χ3v) is 2.75. The van der Waals surface area contributed by atoms with Crippen molar-refractivity contribution in [2.75, 3.05) is 0 Å². The van der Waals surface area contributed by atoms with E-state index in [1.165, 1.54) is 5.01 Å². The molecule has 0 aliphatic heterocycles. The molecule has 14 heavy (non-hydrogen) atoms. The summed E-state index contributed by atoms with van der Waals surface area (Å²) in [5.41, 5.74) is 1.79. The van der Waals surface area contributed by atoms with Crippen molar-refractivity contribution in [3.05, 3.63) is 29.0 Å². The van der Waals surface area contributed by atoms with Gasteiger partial charge in [0.25, 0.3) is 0 Å². The van der Waals surface area contributed by atoms with Gasteiger partial charge < -0.3 is 0 Å². The van der Waals surface area contributed by atoms with E-state index in [0.29, 0.717) is 0 Å². The molecule has 0 fully saturated rings. The van der Waals surface area contributed by atoms with Gasteiger partial charge >= 0.3 is 0 Å². The summed E-state index contributed by atoms with van der Waals surface area (Å²) in [5, 5.41) is 3.21. The molecule has 0 aliphatic rings. The second kappa shape index (κ2) is 4.28. The minimum atomic E-state index is 0.853. The third-order valence-electron chi connectivity index (χ3n) is 1.84. The SMILES string of the molecule is CCCc1nc(-c2cnccn2)cs1. The topological polar surface area (TPSA) is 38.7 Å². The first-order chi connectivity index (χ1) is 6.90. The van der Waals surface area contributed by atoms with E-state index in [1.54, 1.807) is 29.9 Å². The van der Waals surface area contributed by atoms with Gasteiger partial charge in [-0.2, -0.15) is 0 Å². The van der Waals surface area contributed by atoms with Crippen LogP contribution >= 0.6 is 11.3 Å². The molecule has 0 unspecified atom stereocenters. The van der Waals surface area contributed by atoms with E-state index < -0.39 is 0 Å². The summed E-state index contributed by atoms with van der Waals surface area (Å²) in [6, 6.07) is 0. The summed E-state index contributed by atoms with van der Waals surface area (Å²) in [6.45, 7) is 2.16. The Kier molecular flexibility index (Phi) is 2.84. The van der Waals surface area contributed by atoms with E-state index in [4.69, 9.17) is 0 Å². The summed E-state index contributed by atoms with van der Waals surface area (Å²) in [7, 11) is 0. The van der Waals surface area contributed by atoms with E-state index in [0.717, 1.165) is 24.2 Å². The Bertz CT molecular complexity index is 397. The van der Waals surface area contributed by atoms with Crippen molar-refractivity contribution in [1.82, 2.24) is 15.0 Å². The van der Waals surface area contributed by atoms with E-state index >= 15 is 0 Å². The first kappa shape index (κ1) is 9.27. The molecule has 2 heterocycles. The fraction of sp³-hybridized carbons (Fsp3) is 0.300.